The fraction of sp³-hybridized carbons (Fsp3) is 0.148. The summed E-state index contributed by atoms with van der Waals surface area (Å²) in [5.41, 5.74) is 2.53. The minimum Gasteiger partial charge on any atom is -0.467 e. The number of para-hydroxylation sites is 1. The number of aryl methyl sites for hydroxylation is 1. The van der Waals surface area contributed by atoms with E-state index in [2.05, 4.69) is 5.10 Å². The van der Waals surface area contributed by atoms with Crippen LogP contribution < -0.4 is 5.56 Å². The Balaban J connectivity index is 1.90. The van der Waals surface area contributed by atoms with Gasteiger partial charge in [0.15, 0.2) is 6.04 Å². The van der Waals surface area contributed by atoms with E-state index in [1.807, 2.05) is 48.5 Å². The van der Waals surface area contributed by atoms with Gasteiger partial charge in [0, 0.05) is 29.8 Å². The number of aromatic amines is 1. The fourth-order valence-corrected chi connectivity index (χ4v) is 3.92. The van der Waals surface area contributed by atoms with Gasteiger partial charge in [0.05, 0.1) is 29.0 Å². The Bertz CT molecular complexity index is 1460. The molecule has 0 fully saturated rings. The molecule has 9 nitrogen and oxygen atoms in total. The van der Waals surface area contributed by atoms with Crippen LogP contribution in [0.3, 0.4) is 0 Å². The Labute approximate surface area is 206 Å². The van der Waals surface area contributed by atoms with Crippen molar-refractivity contribution in [3.8, 4) is 5.69 Å². The Morgan fingerprint density at radius 3 is 2.22 bits per heavy atom. The molecule has 9 heteroatoms. The topological polar surface area (TPSA) is 120 Å². The molecular weight excluding hydrogens is 460 g/mol. The number of non-ortho nitro benzene ring substituents is 1. The minimum absolute atomic E-state index is 0.0978. The molecule has 0 radical (unpaired) electrons. The maximum Gasteiger partial charge on any atom is 0.330 e. The number of aliphatic imine (C=N–C) groups is 1. The molecule has 182 valence electrons. The molecule has 36 heavy (non-hydrogen) atoms. The molecule has 0 bridgehead atoms. The average molecular weight is 485 g/mol. The maximum absolute atomic E-state index is 13.6. The third kappa shape index (κ3) is 5.15. The SMILES string of the molecule is COC(=O)[C@H](Cc1ccccc1)N=C(c1ccc([N+](=O)[O-])cc1)c1c(C)[nH]n(-c2ccccc2)c1=O. The number of nitrogens with zero attached hydrogens (tertiary/aromatic N) is 3. The lowest BCUT2D eigenvalue weighted by molar-refractivity contribution is -0.384. The first kappa shape index (κ1) is 24.3. The number of rotatable bonds is 8. The number of esters is 1. The van der Waals surface area contributed by atoms with Gasteiger partial charge >= 0.3 is 5.97 Å². The van der Waals surface area contributed by atoms with Gasteiger partial charge in [-0.05, 0) is 36.8 Å². The van der Waals surface area contributed by atoms with Crippen molar-refractivity contribution in [3.05, 3.63) is 128 Å². The number of benzene rings is 3. The summed E-state index contributed by atoms with van der Waals surface area (Å²) in [6.45, 7) is 1.74. The summed E-state index contributed by atoms with van der Waals surface area (Å²) < 4.78 is 6.42. The summed E-state index contributed by atoms with van der Waals surface area (Å²) in [5.74, 6) is -0.560. The summed E-state index contributed by atoms with van der Waals surface area (Å²) in [7, 11) is 1.28. The molecule has 0 aliphatic rings. The third-order valence-corrected chi connectivity index (χ3v) is 5.70. The van der Waals surface area contributed by atoms with Gasteiger partial charge in [-0.25, -0.2) is 9.48 Å². The summed E-state index contributed by atoms with van der Waals surface area (Å²) in [6.07, 6.45) is 0.250. The zero-order valence-electron chi connectivity index (χ0n) is 19.8. The summed E-state index contributed by atoms with van der Waals surface area (Å²) in [4.78, 5) is 41.7. The van der Waals surface area contributed by atoms with Crippen molar-refractivity contribution in [2.45, 2.75) is 19.4 Å². The van der Waals surface area contributed by atoms with Crippen molar-refractivity contribution < 1.29 is 14.5 Å². The lowest BCUT2D eigenvalue weighted by atomic mass is 10.0. The molecule has 0 aliphatic carbocycles. The Kier molecular flexibility index (Phi) is 7.20. The second-order valence-electron chi connectivity index (χ2n) is 8.10. The zero-order chi connectivity index (χ0) is 25.7. The number of nitrogens with one attached hydrogen (secondary N) is 1. The van der Waals surface area contributed by atoms with E-state index in [0.717, 1.165) is 5.56 Å². The third-order valence-electron chi connectivity index (χ3n) is 5.70. The van der Waals surface area contributed by atoms with Crippen molar-refractivity contribution in [3.63, 3.8) is 0 Å². The molecule has 0 spiro atoms. The van der Waals surface area contributed by atoms with Crippen molar-refractivity contribution >= 4 is 17.4 Å². The lowest BCUT2D eigenvalue weighted by Crippen LogP contribution is -2.27. The first-order chi connectivity index (χ1) is 17.4. The predicted molar refractivity (Wildman–Crippen MR) is 136 cm³/mol. The highest BCUT2D eigenvalue weighted by Crippen LogP contribution is 2.19. The molecule has 1 heterocycles. The molecule has 0 amide bonds. The van der Waals surface area contributed by atoms with Crippen molar-refractivity contribution in [2.75, 3.05) is 7.11 Å². The van der Waals surface area contributed by atoms with Crippen LogP contribution in [-0.2, 0) is 16.0 Å². The first-order valence-electron chi connectivity index (χ1n) is 11.2. The number of hydrogen-bond donors (Lipinski definition) is 1. The average Bonchev–Trinajstić information content (AvgIpc) is 3.20. The van der Waals surface area contributed by atoms with E-state index >= 15 is 0 Å². The molecule has 0 unspecified atom stereocenters. The van der Waals surface area contributed by atoms with Gasteiger partial charge in [0.1, 0.15) is 0 Å². The van der Waals surface area contributed by atoms with Gasteiger partial charge in [0.25, 0.3) is 11.2 Å². The highest BCUT2D eigenvalue weighted by molar-refractivity contribution is 6.14. The second-order valence-corrected chi connectivity index (χ2v) is 8.10. The fourth-order valence-electron chi connectivity index (χ4n) is 3.92. The Hall–Kier alpha value is -4.79. The van der Waals surface area contributed by atoms with Gasteiger partial charge < -0.3 is 4.74 Å². The summed E-state index contributed by atoms with van der Waals surface area (Å²) in [6, 6.07) is 23.2. The van der Waals surface area contributed by atoms with Crippen LogP contribution in [-0.4, -0.2) is 39.5 Å². The number of hydrogen-bond acceptors (Lipinski definition) is 6. The number of nitro benzene ring substituents is 1. The van der Waals surface area contributed by atoms with Gasteiger partial charge in [-0.2, -0.15) is 0 Å². The number of nitro groups is 1. The van der Waals surface area contributed by atoms with Crippen LogP contribution in [0.15, 0.2) is 94.7 Å². The van der Waals surface area contributed by atoms with E-state index in [9.17, 15) is 19.7 Å². The van der Waals surface area contributed by atoms with E-state index in [1.54, 1.807) is 19.1 Å². The largest absolute Gasteiger partial charge is 0.467 e. The van der Waals surface area contributed by atoms with Crippen molar-refractivity contribution in [2.24, 2.45) is 4.99 Å². The van der Waals surface area contributed by atoms with Crippen molar-refractivity contribution in [1.82, 2.24) is 9.78 Å². The van der Waals surface area contributed by atoms with E-state index in [-0.39, 0.29) is 28.9 Å². The highest BCUT2D eigenvalue weighted by atomic mass is 16.6. The summed E-state index contributed by atoms with van der Waals surface area (Å²) in [5, 5.41) is 14.3. The predicted octanol–water partition coefficient (Wildman–Crippen LogP) is 4.00. The number of carbonyl (C=O) groups is 1. The first-order valence-corrected chi connectivity index (χ1v) is 11.2. The van der Waals surface area contributed by atoms with Crippen LogP contribution in [0.1, 0.15) is 22.4 Å². The van der Waals surface area contributed by atoms with Crippen LogP contribution in [0, 0.1) is 17.0 Å². The minimum atomic E-state index is -0.943. The van der Waals surface area contributed by atoms with Crippen LogP contribution in [0.25, 0.3) is 5.69 Å². The zero-order valence-corrected chi connectivity index (χ0v) is 19.8. The number of carbonyl (C=O) groups excluding carboxylic acids is 1. The van der Waals surface area contributed by atoms with Crippen molar-refractivity contribution in [1.29, 1.82) is 0 Å². The molecule has 1 atom stereocenters. The molecular formula is C27H24N4O5. The molecule has 3 aromatic carbocycles. The van der Waals surface area contributed by atoms with Gasteiger partial charge in [-0.15, -0.1) is 0 Å². The quantitative estimate of drug-likeness (QED) is 0.175. The molecule has 1 aromatic heterocycles. The van der Waals surface area contributed by atoms with Crippen LogP contribution in [0.2, 0.25) is 0 Å². The van der Waals surface area contributed by atoms with Gasteiger partial charge in [-0.1, -0.05) is 48.5 Å². The Morgan fingerprint density at radius 2 is 1.64 bits per heavy atom. The molecule has 4 rings (SSSR count). The van der Waals surface area contributed by atoms with Gasteiger partial charge in [-0.3, -0.25) is 25.0 Å². The molecule has 1 N–H and O–H groups in total. The molecule has 0 aliphatic heterocycles. The molecule has 4 aromatic rings. The van der Waals surface area contributed by atoms with Gasteiger partial charge in [0.2, 0.25) is 0 Å². The monoisotopic (exact) mass is 484 g/mol. The van der Waals surface area contributed by atoms with Crippen LogP contribution in [0.5, 0.6) is 0 Å². The van der Waals surface area contributed by atoms with E-state index in [4.69, 9.17) is 9.73 Å². The smallest absolute Gasteiger partial charge is 0.330 e. The maximum atomic E-state index is 13.6. The lowest BCUT2D eigenvalue weighted by Gasteiger charge is -2.14. The number of H-pyrrole nitrogens is 1. The Morgan fingerprint density at radius 1 is 1.03 bits per heavy atom. The van der Waals surface area contributed by atoms with E-state index in [1.165, 1.54) is 36.1 Å². The normalized spacial score (nSPS) is 12.2. The van der Waals surface area contributed by atoms with Crippen LogP contribution in [0.4, 0.5) is 5.69 Å². The molecule has 0 saturated carbocycles. The number of ether oxygens (including phenoxy) is 1. The standard InChI is InChI=1S/C27H24N4O5/c1-18-24(26(32)30(29-18)21-11-7-4-8-12-21)25(20-13-15-22(16-14-20)31(34)35)28-23(27(33)36-2)17-19-9-5-3-6-10-19/h3-16,23,29H,17H2,1-2H3/t23-/m0/s1. The second kappa shape index (κ2) is 10.6. The number of methoxy groups -OCH3 is 1. The number of aromatic nitrogens is 2. The summed E-state index contributed by atoms with van der Waals surface area (Å²) >= 11 is 0. The van der Waals surface area contributed by atoms with E-state index < -0.39 is 16.9 Å². The van der Waals surface area contributed by atoms with E-state index in [0.29, 0.717) is 16.9 Å². The molecule has 0 saturated heterocycles. The van der Waals surface area contributed by atoms with Crippen LogP contribution >= 0.6 is 0 Å². The highest BCUT2D eigenvalue weighted by Gasteiger charge is 2.25.